The molecule has 0 aromatic heterocycles. The number of benzene rings is 1. The molecule has 5 nitrogen and oxygen atoms in total. The van der Waals surface area contributed by atoms with Crippen LogP contribution in [0.15, 0.2) is 24.3 Å². The van der Waals surface area contributed by atoms with Crippen molar-refractivity contribution in [2.75, 3.05) is 20.1 Å². The van der Waals surface area contributed by atoms with E-state index in [-0.39, 0.29) is 37.3 Å². The van der Waals surface area contributed by atoms with Crippen LogP contribution in [0.5, 0.6) is 0 Å². The fourth-order valence-electron chi connectivity index (χ4n) is 1.80. The number of carboxylic acids is 1. The van der Waals surface area contributed by atoms with Crippen molar-refractivity contribution in [3.05, 3.63) is 34.9 Å². The molecule has 1 unspecified atom stereocenters. The predicted molar refractivity (Wildman–Crippen MR) is 85.0 cm³/mol. The van der Waals surface area contributed by atoms with E-state index in [0.717, 1.165) is 5.56 Å². The molecule has 1 aromatic carbocycles. The highest BCUT2D eigenvalue weighted by Gasteiger charge is 2.13. The number of hydrogen-bond acceptors (Lipinski definition) is 3. The van der Waals surface area contributed by atoms with Crippen LogP contribution in [0.4, 0.5) is 0 Å². The summed E-state index contributed by atoms with van der Waals surface area (Å²) in [5.74, 6) is -1.04. The van der Waals surface area contributed by atoms with Crippen LogP contribution in [0.1, 0.15) is 24.9 Å². The third kappa shape index (κ3) is 7.32. The second kappa shape index (κ2) is 9.60. The second-order valence-corrected chi connectivity index (χ2v) is 5.10. The molecule has 0 radical (unpaired) electrons. The Hall–Kier alpha value is -1.30. The average molecular weight is 335 g/mol. The monoisotopic (exact) mass is 334 g/mol. The fraction of sp³-hybridized carbons (Fsp3) is 0.429. The maximum atomic E-state index is 11.8. The van der Waals surface area contributed by atoms with Gasteiger partial charge < -0.3 is 10.4 Å². The maximum absolute atomic E-state index is 11.8. The third-order valence-electron chi connectivity index (χ3n) is 2.87. The zero-order chi connectivity index (χ0) is 15.1. The number of aliphatic carboxylic acids is 1. The largest absolute Gasteiger partial charge is 0.481 e. The number of carbonyl (C=O) groups excluding carboxylic acids is 1. The van der Waals surface area contributed by atoms with Crippen molar-refractivity contribution in [2.45, 2.75) is 19.4 Å². The van der Waals surface area contributed by atoms with Crippen LogP contribution in [0, 0.1) is 0 Å². The van der Waals surface area contributed by atoms with Gasteiger partial charge in [0.2, 0.25) is 5.91 Å². The number of nitrogens with zero attached hydrogens (tertiary/aromatic N) is 1. The second-order valence-electron chi connectivity index (χ2n) is 4.69. The summed E-state index contributed by atoms with van der Waals surface area (Å²) < 4.78 is 0. The minimum absolute atomic E-state index is 0. The lowest BCUT2D eigenvalue weighted by atomic mass is 10.1. The van der Waals surface area contributed by atoms with E-state index < -0.39 is 5.97 Å². The zero-order valence-electron chi connectivity index (χ0n) is 12.0. The van der Waals surface area contributed by atoms with Gasteiger partial charge in [-0.2, -0.15) is 0 Å². The molecular weight excluding hydrogens is 315 g/mol. The summed E-state index contributed by atoms with van der Waals surface area (Å²) >= 11 is 6.07. The molecule has 1 atom stereocenters. The van der Waals surface area contributed by atoms with Crippen LogP contribution in [0.2, 0.25) is 5.02 Å². The molecule has 0 heterocycles. The van der Waals surface area contributed by atoms with Gasteiger partial charge in [-0.05, 0) is 25.6 Å². The Bertz CT molecular complexity index is 483. The Morgan fingerprint density at radius 1 is 1.38 bits per heavy atom. The zero-order valence-corrected chi connectivity index (χ0v) is 13.6. The topological polar surface area (TPSA) is 69.6 Å². The van der Waals surface area contributed by atoms with E-state index in [1.807, 2.05) is 25.1 Å². The van der Waals surface area contributed by atoms with E-state index in [4.69, 9.17) is 16.7 Å². The molecule has 118 valence electrons. The van der Waals surface area contributed by atoms with Gasteiger partial charge in [0, 0.05) is 11.6 Å². The number of carboxylic acid groups (broad SMARTS) is 1. The van der Waals surface area contributed by atoms with E-state index in [1.165, 1.54) is 0 Å². The van der Waals surface area contributed by atoms with Crippen LogP contribution in [0.3, 0.4) is 0 Å². The molecule has 0 spiro atoms. The molecule has 2 N–H and O–H groups in total. The summed E-state index contributed by atoms with van der Waals surface area (Å²) in [7, 11) is 1.71. The van der Waals surface area contributed by atoms with Crippen molar-refractivity contribution in [1.82, 2.24) is 10.2 Å². The molecule has 21 heavy (non-hydrogen) atoms. The number of halogens is 2. The standard InChI is InChI=1S/C14H19ClN2O3.ClH/c1-10(11-5-3-4-6-12(11)15)16-13(18)9-17(2)8-7-14(19)20;/h3-6,10H,7-9H2,1-2H3,(H,16,18)(H,19,20);1H. The lowest BCUT2D eigenvalue weighted by molar-refractivity contribution is -0.137. The number of likely N-dealkylation sites (N-methyl/N-ethyl adjacent to an activating group) is 1. The Labute approximate surface area is 135 Å². The molecule has 0 bridgehead atoms. The minimum Gasteiger partial charge on any atom is -0.481 e. The quantitative estimate of drug-likeness (QED) is 0.802. The molecule has 0 saturated carbocycles. The van der Waals surface area contributed by atoms with Crippen LogP contribution >= 0.6 is 24.0 Å². The predicted octanol–water partition coefficient (Wildman–Crippen LogP) is 2.35. The summed E-state index contributed by atoms with van der Waals surface area (Å²) in [6, 6.07) is 7.15. The van der Waals surface area contributed by atoms with Crippen molar-refractivity contribution in [2.24, 2.45) is 0 Å². The van der Waals surface area contributed by atoms with Gasteiger partial charge in [-0.15, -0.1) is 12.4 Å². The molecule has 0 aliphatic carbocycles. The summed E-state index contributed by atoms with van der Waals surface area (Å²) in [4.78, 5) is 24.0. The van der Waals surface area contributed by atoms with E-state index in [1.54, 1.807) is 18.0 Å². The van der Waals surface area contributed by atoms with Gasteiger partial charge in [-0.25, -0.2) is 0 Å². The van der Waals surface area contributed by atoms with Gasteiger partial charge in [-0.3, -0.25) is 14.5 Å². The smallest absolute Gasteiger partial charge is 0.304 e. The summed E-state index contributed by atoms with van der Waals surface area (Å²) in [6.07, 6.45) is 0.0177. The first-order valence-corrected chi connectivity index (χ1v) is 6.72. The molecule has 0 aliphatic rings. The average Bonchev–Trinajstić information content (AvgIpc) is 2.36. The van der Waals surface area contributed by atoms with Crippen LogP contribution in [0.25, 0.3) is 0 Å². The molecule has 0 aliphatic heterocycles. The van der Waals surface area contributed by atoms with Crippen molar-refractivity contribution in [1.29, 1.82) is 0 Å². The Kier molecular flexibility index (Phi) is 9.01. The van der Waals surface area contributed by atoms with Crippen molar-refractivity contribution >= 4 is 35.9 Å². The number of rotatable bonds is 7. The maximum Gasteiger partial charge on any atom is 0.304 e. The molecule has 1 aromatic rings. The van der Waals surface area contributed by atoms with Gasteiger partial charge in [0.1, 0.15) is 0 Å². The minimum atomic E-state index is -0.873. The van der Waals surface area contributed by atoms with Gasteiger partial charge >= 0.3 is 5.97 Å². The Balaban J connectivity index is 0.00000400. The number of hydrogen-bond donors (Lipinski definition) is 2. The van der Waals surface area contributed by atoms with E-state index in [9.17, 15) is 9.59 Å². The molecule has 7 heteroatoms. The molecular formula is C14H20Cl2N2O3. The number of nitrogens with one attached hydrogen (secondary N) is 1. The number of carbonyl (C=O) groups is 2. The molecule has 0 saturated heterocycles. The Morgan fingerprint density at radius 3 is 2.57 bits per heavy atom. The summed E-state index contributed by atoms with van der Waals surface area (Å²) in [5.41, 5.74) is 0.857. The molecule has 1 rings (SSSR count). The SMILES string of the molecule is CC(NC(=O)CN(C)CCC(=O)O)c1ccccc1Cl.Cl. The highest BCUT2D eigenvalue weighted by Crippen LogP contribution is 2.21. The van der Waals surface area contributed by atoms with Crippen LogP contribution in [-0.2, 0) is 9.59 Å². The van der Waals surface area contributed by atoms with Gasteiger partial charge in [0.25, 0.3) is 0 Å². The summed E-state index contributed by atoms with van der Waals surface area (Å²) in [6.45, 7) is 2.35. The van der Waals surface area contributed by atoms with Crippen LogP contribution < -0.4 is 5.32 Å². The summed E-state index contributed by atoms with van der Waals surface area (Å²) in [5, 5.41) is 12.0. The van der Waals surface area contributed by atoms with Gasteiger partial charge in [-0.1, -0.05) is 29.8 Å². The lowest BCUT2D eigenvalue weighted by Gasteiger charge is -2.19. The van der Waals surface area contributed by atoms with Crippen LogP contribution in [-0.4, -0.2) is 42.0 Å². The van der Waals surface area contributed by atoms with Crippen molar-refractivity contribution in [3.8, 4) is 0 Å². The van der Waals surface area contributed by atoms with Gasteiger partial charge in [0.15, 0.2) is 0 Å². The first-order valence-electron chi connectivity index (χ1n) is 6.34. The van der Waals surface area contributed by atoms with Crippen molar-refractivity contribution < 1.29 is 14.7 Å². The Morgan fingerprint density at radius 2 is 2.00 bits per heavy atom. The first-order chi connectivity index (χ1) is 9.40. The normalized spacial score (nSPS) is 11.6. The van der Waals surface area contributed by atoms with E-state index in [2.05, 4.69) is 5.32 Å². The highest BCUT2D eigenvalue weighted by atomic mass is 35.5. The lowest BCUT2D eigenvalue weighted by Crippen LogP contribution is -2.37. The van der Waals surface area contributed by atoms with Crippen molar-refractivity contribution in [3.63, 3.8) is 0 Å². The van der Waals surface area contributed by atoms with Gasteiger partial charge in [0.05, 0.1) is 19.0 Å². The number of amides is 1. The fourth-order valence-corrected chi connectivity index (χ4v) is 2.10. The molecule has 0 fully saturated rings. The highest BCUT2D eigenvalue weighted by molar-refractivity contribution is 6.31. The third-order valence-corrected chi connectivity index (χ3v) is 3.21. The van der Waals surface area contributed by atoms with E-state index in [0.29, 0.717) is 11.6 Å². The first kappa shape index (κ1) is 19.7. The molecule has 1 amide bonds. The van der Waals surface area contributed by atoms with E-state index >= 15 is 0 Å².